The Morgan fingerprint density at radius 2 is 1.64 bits per heavy atom. The molecule has 0 bridgehead atoms. The maximum Gasteiger partial charge on any atom is 0.268 e. The Bertz CT molecular complexity index is 1240. The second kappa shape index (κ2) is 12.7. The first-order chi connectivity index (χ1) is 17.1. The third kappa shape index (κ3) is 8.48. The van der Waals surface area contributed by atoms with Gasteiger partial charge >= 0.3 is 0 Å². The first-order valence-corrected chi connectivity index (χ1v) is 13.8. The largest absolute Gasteiger partial charge is 0.492 e. The van der Waals surface area contributed by atoms with Gasteiger partial charge in [0.25, 0.3) is 5.91 Å². The molecule has 0 heterocycles. The molecule has 3 aromatic rings. The van der Waals surface area contributed by atoms with Crippen LogP contribution in [0.5, 0.6) is 5.75 Å². The Morgan fingerprint density at radius 1 is 0.972 bits per heavy atom. The number of aliphatic hydroxyl groups is 1. The van der Waals surface area contributed by atoms with Gasteiger partial charge in [0.15, 0.2) is 0 Å². The fraction of sp³-hybridized carbons (Fsp3) is 0.321. The quantitative estimate of drug-likeness (QED) is 0.319. The van der Waals surface area contributed by atoms with E-state index < -0.39 is 22.0 Å². The van der Waals surface area contributed by atoms with Crippen LogP contribution in [0, 0.1) is 5.92 Å². The highest BCUT2D eigenvalue weighted by atomic mass is 32.2. The van der Waals surface area contributed by atoms with Gasteiger partial charge in [-0.2, -0.15) is 0 Å². The number of carbonyl (C=O) groups excluding carboxylic acids is 1. The van der Waals surface area contributed by atoms with E-state index in [2.05, 4.69) is 5.32 Å². The molecule has 3 aromatic carbocycles. The third-order valence-electron chi connectivity index (χ3n) is 5.48. The first-order valence-electron chi connectivity index (χ1n) is 11.9. The van der Waals surface area contributed by atoms with Crippen molar-refractivity contribution in [1.29, 1.82) is 0 Å². The van der Waals surface area contributed by atoms with Crippen molar-refractivity contribution < 1.29 is 23.1 Å². The van der Waals surface area contributed by atoms with Gasteiger partial charge in [-0.05, 0) is 53.3 Å². The maximum absolute atomic E-state index is 12.5. The average Bonchev–Trinajstić information content (AvgIpc) is 2.85. The van der Waals surface area contributed by atoms with Crippen LogP contribution in [0.4, 0.5) is 0 Å². The third-order valence-corrected chi connectivity index (χ3v) is 6.03. The number of benzene rings is 3. The molecule has 0 saturated heterocycles. The summed E-state index contributed by atoms with van der Waals surface area (Å²) >= 11 is 0. The highest BCUT2D eigenvalue weighted by Gasteiger charge is 2.18. The second-order valence-electron chi connectivity index (χ2n) is 9.20. The lowest BCUT2D eigenvalue weighted by Crippen LogP contribution is -2.29. The van der Waals surface area contributed by atoms with Crippen LogP contribution in [0.3, 0.4) is 0 Å². The summed E-state index contributed by atoms with van der Waals surface area (Å²) in [5, 5.41) is 13.5. The van der Waals surface area contributed by atoms with Gasteiger partial charge in [0, 0.05) is 6.54 Å². The molecule has 8 heteroatoms. The van der Waals surface area contributed by atoms with Crippen molar-refractivity contribution in [3.05, 3.63) is 89.5 Å². The van der Waals surface area contributed by atoms with Gasteiger partial charge in [-0.25, -0.2) is 13.1 Å². The molecule has 0 aromatic heterocycles. The zero-order chi connectivity index (χ0) is 26.1. The summed E-state index contributed by atoms with van der Waals surface area (Å²) < 4.78 is 30.9. The molecular weight excluding hydrogens is 476 g/mol. The topological polar surface area (TPSA) is 105 Å². The van der Waals surface area contributed by atoms with Gasteiger partial charge in [-0.3, -0.25) is 4.79 Å². The fourth-order valence-electron chi connectivity index (χ4n) is 3.62. The monoisotopic (exact) mass is 510 g/mol. The zero-order valence-corrected chi connectivity index (χ0v) is 21.7. The van der Waals surface area contributed by atoms with Gasteiger partial charge < -0.3 is 15.2 Å². The zero-order valence-electron chi connectivity index (χ0n) is 20.9. The first kappa shape index (κ1) is 27.4. The van der Waals surface area contributed by atoms with Crippen LogP contribution in [0.1, 0.15) is 41.4 Å². The molecule has 0 aliphatic heterocycles. The molecule has 7 nitrogen and oxygen atoms in total. The van der Waals surface area contributed by atoms with E-state index in [1.807, 2.05) is 73.2 Å². The molecular formula is C28H34N2O5S. The minimum absolute atomic E-state index is 0.171. The number of hydrogen-bond donors (Lipinski definition) is 3. The molecule has 3 rings (SSSR count). The summed E-state index contributed by atoms with van der Waals surface area (Å²) in [4.78, 5) is 12.5. The molecule has 0 unspecified atom stereocenters. The molecule has 192 valence electrons. The normalized spacial score (nSPS) is 12.4. The lowest BCUT2D eigenvalue weighted by Gasteiger charge is -2.15. The standard InChI is InChI=1S/C28H34N2O5S/c1-20(2)19-35-27-17-24(13-14-25(27)28(32)30-36(3,33)34)22-11-9-21(10-12-22)15-16-29-18-26(31)23-7-5-4-6-8-23/h4-14,17,20,26,29,31H,15-16,18-19H2,1-3H3,(H,30,32)/t26-/m0/s1. The van der Waals surface area contributed by atoms with Crippen LogP contribution in [-0.2, 0) is 16.4 Å². The molecule has 0 spiro atoms. The predicted molar refractivity (Wildman–Crippen MR) is 142 cm³/mol. The Hall–Kier alpha value is -3.20. The van der Waals surface area contributed by atoms with E-state index in [9.17, 15) is 18.3 Å². The van der Waals surface area contributed by atoms with Gasteiger partial charge in [0.2, 0.25) is 10.0 Å². The molecule has 0 saturated carbocycles. The SMILES string of the molecule is CC(C)COc1cc(-c2ccc(CCNC[C@H](O)c3ccccc3)cc2)ccc1C(=O)NS(C)(=O)=O. The van der Waals surface area contributed by atoms with E-state index in [1.54, 1.807) is 18.2 Å². The minimum Gasteiger partial charge on any atom is -0.492 e. The van der Waals surface area contributed by atoms with Crippen molar-refractivity contribution in [3.8, 4) is 16.9 Å². The van der Waals surface area contributed by atoms with Crippen molar-refractivity contribution >= 4 is 15.9 Å². The van der Waals surface area contributed by atoms with Crippen molar-refractivity contribution in [2.45, 2.75) is 26.4 Å². The minimum atomic E-state index is -3.69. The van der Waals surface area contributed by atoms with Crippen LogP contribution in [0.15, 0.2) is 72.8 Å². The van der Waals surface area contributed by atoms with Crippen LogP contribution in [-0.4, -0.2) is 45.4 Å². The summed E-state index contributed by atoms with van der Waals surface area (Å²) in [6, 6.07) is 22.8. The summed E-state index contributed by atoms with van der Waals surface area (Å²) in [5.41, 5.74) is 4.04. The lowest BCUT2D eigenvalue weighted by molar-refractivity contribution is 0.0977. The van der Waals surface area contributed by atoms with E-state index in [0.717, 1.165) is 41.5 Å². The van der Waals surface area contributed by atoms with E-state index in [1.165, 1.54) is 0 Å². The Kier molecular flexibility index (Phi) is 9.64. The summed E-state index contributed by atoms with van der Waals surface area (Å²) in [7, 11) is -3.69. The Labute approximate surface area is 213 Å². The summed E-state index contributed by atoms with van der Waals surface area (Å²) in [6.45, 7) is 5.61. The van der Waals surface area contributed by atoms with E-state index in [0.29, 0.717) is 18.9 Å². The number of sulfonamides is 1. The number of rotatable bonds is 12. The molecule has 36 heavy (non-hydrogen) atoms. The Balaban J connectivity index is 1.64. The predicted octanol–water partition coefficient (Wildman–Crippen LogP) is 3.94. The number of aliphatic hydroxyl groups excluding tert-OH is 1. The molecule has 1 amide bonds. The Morgan fingerprint density at radius 3 is 2.28 bits per heavy atom. The van der Waals surface area contributed by atoms with Crippen LogP contribution in [0.2, 0.25) is 0 Å². The van der Waals surface area contributed by atoms with Crippen molar-refractivity contribution in [1.82, 2.24) is 10.0 Å². The fourth-order valence-corrected chi connectivity index (χ4v) is 4.06. The van der Waals surface area contributed by atoms with Crippen LogP contribution in [0.25, 0.3) is 11.1 Å². The van der Waals surface area contributed by atoms with E-state index in [-0.39, 0.29) is 11.5 Å². The number of hydrogen-bond acceptors (Lipinski definition) is 6. The molecule has 1 atom stereocenters. The maximum atomic E-state index is 12.5. The van der Waals surface area contributed by atoms with Crippen molar-refractivity contribution in [2.75, 3.05) is 26.0 Å². The second-order valence-corrected chi connectivity index (χ2v) is 10.9. The molecule has 0 aliphatic carbocycles. The number of carbonyl (C=O) groups is 1. The van der Waals surface area contributed by atoms with Gasteiger partial charge in [0.05, 0.1) is 24.5 Å². The smallest absolute Gasteiger partial charge is 0.268 e. The van der Waals surface area contributed by atoms with Gasteiger partial charge in [0.1, 0.15) is 5.75 Å². The van der Waals surface area contributed by atoms with E-state index in [4.69, 9.17) is 4.74 Å². The van der Waals surface area contributed by atoms with E-state index >= 15 is 0 Å². The number of amides is 1. The molecule has 3 N–H and O–H groups in total. The van der Waals surface area contributed by atoms with Gasteiger partial charge in [-0.1, -0.05) is 74.5 Å². The number of ether oxygens (including phenoxy) is 1. The summed E-state index contributed by atoms with van der Waals surface area (Å²) in [5.74, 6) is -0.142. The van der Waals surface area contributed by atoms with Gasteiger partial charge in [-0.15, -0.1) is 0 Å². The van der Waals surface area contributed by atoms with Crippen molar-refractivity contribution in [3.63, 3.8) is 0 Å². The highest BCUT2D eigenvalue weighted by Crippen LogP contribution is 2.28. The lowest BCUT2D eigenvalue weighted by atomic mass is 10.0. The average molecular weight is 511 g/mol. The van der Waals surface area contributed by atoms with Crippen LogP contribution < -0.4 is 14.8 Å². The number of nitrogens with one attached hydrogen (secondary N) is 2. The summed E-state index contributed by atoms with van der Waals surface area (Å²) in [6.07, 6.45) is 1.22. The van der Waals surface area contributed by atoms with Crippen molar-refractivity contribution in [2.24, 2.45) is 5.92 Å². The molecule has 0 aliphatic rings. The molecule has 0 fully saturated rings. The van der Waals surface area contributed by atoms with Crippen LogP contribution >= 0.6 is 0 Å². The highest BCUT2D eigenvalue weighted by molar-refractivity contribution is 7.89. The molecule has 0 radical (unpaired) electrons.